The summed E-state index contributed by atoms with van der Waals surface area (Å²) in [5.41, 5.74) is 1.10. The summed E-state index contributed by atoms with van der Waals surface area (Å²) in [6.45, 7) is 4.16. The maximum atomic E-state index is 4.12. The van der Waals surface area contributed by atoms with Crippen LogP contribution in [-0.2, 0) is 0 Å². The molecule has 0 amide bonds. The van der Waals surface area contributed by atoms with Gasteiger partial charge in [0.15, 0.2) is 0 Å². The minimum atomic E-state index is 0.535. The molecule has 0 fully saturated rings. The summed E-state index contributed by atoms with van der Waals surface area (Å²) in [5, 5.41) is 0. The molecular weight excluding hydrogens is 110 g/mol. The molecule has 1 nitrogen and oxygen atoms in total. The molecule has 0 radical (unpaired) electrons. The molecule has 1 aliphatic heterocycles. The van der Waals surface area contributed by atoms with Gasteiger partial charge in [-0.1, -0.05) is 19.1 Å². The van der Waals surface area contributed by atoms with Crippen molar-refractivity contribution in [3.8, 4) is 0 Å². The van der Waals surface area contributed by atoms with Crippen LogP contribution in [0.5, 0.6) is 0 Å². The zero-order valence-electron chi connectivity index (χ0n) is 5.83. The number of rotatable bonds is 0. The first-order chi connectivity index (χ1) is 4.29. The van der Waals surface area contributed by atoms with Crippen molar-refractivity contribution in [2.45, 2.75) is 13.8 Å². The Morgan fingerprint density at radius 2 is 2.33 bits per heavy atom. The third kappa shape index (κ3) is 1.84. The van der Waals surface area contributed by atoms with Crippen LogP contribution < -0.4 is 0 Å². The quantitative estimate of drug-likeness (QED) is 0.465. The summed E-state index contributed by atoms with van der Waals surface area (Å²) in [7, 11) is 0. The van der Waals surface area contributed by atoms with Gasteiger partial charge in [0.1, 0.15) is 0 Å². The Hall–Kier alpha value is -0.850. The summed E-state index contributed by atoms with van der Waals surface area (Å²) in [4.78, 5) is 4.12. The summed E-state index contributed by atoms with van der Waals surface area (Å²) in [5.74, 6) is 0.535. The van der Waals surface area contributed by atoms with Crippen LogP contribution in [0.15, 0.2) is 28.9 Å². The lowest BCUT2D eigenvalue weighted by Gasteiger charge is -1.94. The van der Waals surface area contributed by atoms with Gasteiger partial charge in [0.25, 0.3) is 0 Å². The highest BCUT2D eigenvalue weighted by Gasteiger charge is 1.93. The Kier molecular flexibility index (Phi) is 1.83. The molecule has 0 aliphatic carbocycles. The number of hydrogen-bond donors (Lipinski definition) is 0. The van der Waals surface area contributed by atoms with E-state index in [0.717, 1.165) is 5.70 Å². The lowest BCUT2D eigenvalue weighted by molar-refractivity contribution is 0.927. The van der Waals surface area contributed by atoms with Gasteiger partial charge < -0.3 is 0 Å². The molecule has 0 bridgehead atoms. The largest absolute Gasteiger partial charge is 0.262 e. The molecule has 1 aliphatic rings. The van der Waals surface area contributed by atoms with Crippen LogP contribution in [0.1, 0.15) is 13.8 Å². The molecule has 1 unspecified atom stereocenters. The van der Waals surface area contributed by atoms with Gasteiger partial charge in [0, 0.05) is 11.9 Å². The van der Waals surface area contributed by atoms with E-state index in [1.807, 2.05) is 19.2 Å². The van der Waals surface area contributed by atoms with Crippen LogP contribution in [0.3, 0.4) is 0 Å². The van der Waals surface area contributed by atoms with E-state index in [2.05, 4.69) is 24.1 Å². The molecule has 9 heavy (non-hydrogen) atoms. The first-order valence-corrected chi connectivity index (χ1v) is 3.18. The highest BCUT2D eigenvalue weighted by molar-refractivity contribution is 5.72. The summed E-state index contributed by atoms with van der Waals surface area (Å²) in [6, 6.07) is 0. The predicted molar refractivity (Wildman–Crippen MR) is 40.6 cm³/mol. The van der Waals surface area contributed by atoms with Crippen LogP contribution in [0, 0.1) is 5.92 Å². The molecule has 0 N–H and O–H groups in total. The first kappa shape index (κ1) is 6.27. The first-order valence-electron chi connectivity index (χ1n) is 3.18. The number of aliphatic imine (C=N–C) groups is 1. The zero-order chi connectivity index (χ0) is 6.69. The molecule has 0 aromatic heterocycles. The van der Waals surface area contributed by atoms with Gasteiger partial charge in [-0.3, -0.25) is 4.99 Å². The fraction of sp³-hybridized carbons (Fsp3) is 0.375. The van der Waals surface area contributed by atoms with Crippen LogP contribution in [0.25, 0.3) is 0 Å². The maximum absolute atomic E-state index is 4.12. The van der Waals surface area contributed by atoms with E-state index in [0.29, 0.717) is 5.92 Å². The van der Waals surface area contributed by atoms with E-state index in [9.17, 15) is 0 Å². The van der Waals surface area contributed by atoms with E-state index in [1.54, 1.807) is 0 Å². The lowest BCUT2D eigenvalue weighted by atomic mass is 10.1. The van der Waals surface area contributed by atoms with Crippen molar-refractivity contribution in [1.29, 1.82) is 0 Å². The molecule has 0 saturated carbocycles. The molecule has 48 valence electrons. The van der Waals surface area contributed by atoms with E-state index in [-0.39, 0.29) is 0 Å². The van der Waals surface area contributed by atoms with Gasteiger partial charge >= 0.3 is 0 Å². The molecule has 1 heterocycles. The fourth-order valence-corrected chi connectivity index (χ4v) is 0.865. The third-order valence-electron chi connectivity index (χ3n) is 1.28. The molecule has 0 aromatic carbocycles. The molecule has 0 saturated heterocycles. The highest BCUT2D eigenvalue weighted by Crippen LogP contribution is 2.07. The summed E-state index contributed by atoms with van der Waals surface area (Å²) in [6.07, 6.45) is 8.08. The maximum Gasteiger partial charge on any atom is 0.0338 e. The van der Waals surface area contributed by atoms with E-state index >= 15 is 0 Å². The average molecular weight is 121 g/mol. The van der Waals surface area contributed by atoms with Crippen molar-refractivity contribution in [3.05, 3.63) is 23.9 Å². The average Bonchev–Trinajstić information content (AvgIpc) is 1.93. The topological polar surface area (TPSA) is 12.4 Å². The number of allylic oxidation sites excluding steroid dienone is 4. The van der Waals surface area contributed by atoms with Crippen molar-refractivity contribution >= 4 is 6.21 Å². The summed E-state index contributed by atoms with van der Waals surface area (Å²) >= 11 is 0. The Balaban J connectivity index is 2.77. The van der Waals surface area contributed by atoms with Crippen molar-refractivity contribution in [1.82, 2.24) is 0 Å². The monoisotopic (exact) mass is 121 g/mol. The van der Waals surface area contributed by atoms with E-state index in [1.165, 1.54) is 0 Å². The standard InChI is InChI=1S/C8H11N/c1-7-4-3-5-9-8(2)6-7/h3-7H,1-2H3. The van der Waals surface area contributed by atoms with Crippen molar-refractivity contribution in [2.24, 2.45) is 10.9 Å². The fourth-order valence-electron chi connectivity index (χ4n) is 0.865. The minimum Gasteiger partial charge on any atom is -0.262 e. The van der Waals surface area contributed by atoms with Gasteiger partial charge in [-0.05, 0) is 18.9 Å². The number of hydrogen-bond acceptors (Lipinski definition) is 1. The smallest absolute Gasteiger partial charge is 0.0338 e. The van der Waals surface area contributed by atoms with Gasteiger partial charge in [-0.25, -0.2) is 0 Å². The molecular formula is C8H11N. The van der Waals surface area contributed by atoms with E-state index < -0.39 is 0 Å². The molecule has 0 aromatic rings. The molecule has 1 rings (SSSR count). The van der Waals surface area contributed by atoms with Gasteiger partial charge in [0.05, 0.1) is 0 Å². The molecule has 1 atom stereocenters. The summed E-state index contributed by atoms with van der Waals surface area (Å²) < 4.78 is 0. The normalized spacial score (nSPS) is 25.6. The Labute approximate surface area is 55.8 Å². The molecule has 1 heteroatoms. The highest BCUT2D eigenvalue weighted by atomic mass is 14.7. The SMILES string of the molecule is CC1=CC(C)C=CC=N1. The van der Waals surface area contributed by atoms with Crippen LogP contribution >= 0.6 is 0 Å². The second-order valence-corrected chi connectivity index (χ2v) is 2.33. The third-order valence-corrected chi connectivity index (χ3v) is 1.28. The predicted octanol–water partition coefficient (Wildman–Crippen LogP) is 2.17. The second kappa shape index (κ2) is 2.62. The van der Waals surface area contributed by atoms with Crippen LogP contribution in [-0.4, -0.2) is 6.21 Å². The Bertz CT molecular complexity index is 175. The van der Waals surface area contributed by atoms with Gasteiger partial charge in [0.2, 0.25) is 0 Å². The number of nitrogens with zero attached hydrogens (tertiary/aromatic N) is 1. The van der Waals surface area contributed by atoms with Crippen LogP contribution in [0.4, 0.5) is 0 Å². The van der Waals surface area contributed by atoms with Gasteiger partial charge in [-0.15, -0.1) is 0 Å². The van der Waals surface area contributed by atoms with Crippen molar-refractivity contribution in [2.75, 3.05) is 0 Å². The van der Waals surface area contributed by atoms with Gasteiger partial charge in [-0.2, -0.15) is 0 Å². The Morgan fingerprint density at radius 1 is 1.56 bits per heavy atom. The van der Waals surface area contributed by atoms with E-state index in [4.69, 9.17) is 0 Å². The van der Waals surface area contributed by atoms with Crippen LogP contribution in [0.2, 0.25) is 0 Å². The van der Waals surface area contributed by atoms with Crippen molar-refractivity contribution < 1.29 is 0 Å². The minimum absolute atomic E-state index is 0.535. The molecule has 0 spiro atoms. The lowest BCUT2D eigenvalue weighted by Crippen LogP contribution is -1.80. The Morgan fingerprint density at radius 3 is 3.11 bits per heavy atom. The second-order valence-electron chi connectivity index (χ2n) is 2.33. The van der Waals surface area contributed by atoms with Crippen molar-refractivity contribution in [3.63, 3.8) is 0 Å². The zero-order valence-corrected chi connectivity index (χ0v) is 5.83.